The average Bonchev–Trinajstić information content (AvgIpc) is 3.39. The summed E-state index contributed by atoms with van der Waals surface area (Å²) < 4.78 is 48.9. The Labute approximate surface area is 295 Å². The predicted octanol–water partition coefficient (Wildman–Crippen LogP) is 3.80. The van der Waals surface area contributed by atoms with Gasteiger partial charge in [-0.2, -0.15) is 0 Å². The fourth-order valence-electron chi connectivity index (χ4n) is 6.81. The number of carbonyl (C=O) groups is 6. The number of aromatic nitrogens is 1. The lowest BCUT2D eigenvalue weighted by molar-refractivity contribution is -0.254. The van der Waals surface area contributed by atoms with Gasteiger partial charge < -0.3 is 47.3 Å². The second-order valence-electron chi connectivity index (χ2n) is 12.8. The van der Waals surface area contributed by atoms with Gasteiger partial charge in [-0.05, 0) is 26.8 Å². The fourth-order valence-corrected chi connectivity index (χ4v) is 6.81. The Balaban J connectivity index is 1.93. The molecule has 1 aromatic carbocycles. The van der Waals surface area contributed by atoms with Gasteiger partial charge in [0.1, 0.15) is 30.7 Å². The van der Waals surface area contributed by atoms with Crippen molar-refractivity contribution in [3.63, 3.8) is 0 Å². The highest BCUT2D eigenvalue weighted by atomic mass is 16.7. The monoisotopic (exact) mass is 715 g/mol. The van der Waals surface area contributed by atoms with Gasteiger partial charge in [0.2, 0.25) is 0 Å². The second-order valence-corrected chi connectivity index (χ2v) is 12.8. The van der Waals surface area contributed by atoms with Gasteiger partial charge in [0.25, 0.3) is 0 Å². The number of nitrogens with zero attached hydrogens (tertiary/aromatic N) is 1. The molecule has 2 aromatic rings. The molecular weight excluding hydrogens is 670 g/mol. The van der Waals surface area contributed by atoms with Crippen molar-refractivity contribution < 1.29 is 66.7 Å². The average molecular weight is 716 g/mol. The summed E-state index contributed by atoms with van der Waals surface area (Å²) in [6, 6.07) is 7.12. The van der Waals surface area contributed by atoms with Crippen LogP contribution in [0, 0.1) is 5.92 Å². The van der Waals surface area contributed by atoms with E-state index in [1.165, 1.54) is 20.8 Å². The number of ether oxygens (including phenoxy) is 8. The van der Waals surface area contributed by atoms with E-state index in [4.69, 9.17) is 37.9 Å². The Hall–Kier alpha value is -4.76. The van der Waals surface area contributed by atoms with Crippen molar-refractivity contribution in [2.24, 2.45) is 5.92 Å². The minimum Gasteiger partial charge on any atom is -0.493 e. The summed E-state index contributed by atoms with van der Waals surface area (Å²) in [5, 5.41) is 0.583. The van der Waals surface area contributed by atoms with E-state index in [0.29, 0.717) is 22.2 Å². The Morgan fingerprint density at radius 3 is 1.84 bits per heavy atom. The highest BCUT2D eigenvalue weighted by Gasteiger charge is 2.54. The number of hydrogen-bond acceptors (Lipinski definition) is 14. The number of esters is 5. The van der Waals surface area contributed by atoms with Crippen molar-refractivity contribution in [3.05, 3.63) is 48.4 Å². The van der Waals surface area contributed by atoms with E-state index in [1.54, 1.807) is 48.9 Å². The Bertz CT molecular complexity index is 1660. The van der Waals surface area contributed by atoms with Crippen molar-refractivity contribution in [2.75, 3.05) is 6.61 Å². The van der Waals surface area contributed by atoms with E-state index in [1.807, 2.05) is 0 Å². The number of fused-ring (bicyclic) bond motifs is 1. The summed E-state index contributed by atoms with van der Waals surface area (Å²) >= 11 is 0. The summed E-state index contributed by atoms with van der Waals surface area (Å²) in [5.41, 5.74) is 1.000. The van der Waals surface area contributed by atoms with E-state index >= 15 is 0 Å². The molecule has 1 unspecified atom stereocenters. The molecule has 1 aromatic heterocycles. The lowest BCUT2D eigenvalue weighted by Crippen LogP contribution is -2.59. The molecule has 4 rings (SSSR count). The maximum atomic E-state index is 12.6. The molecule has 0 saturated carbocycles. The zero-order chi connectivity index (χ0) is 37.7. The smallest absolute Gasteiger partial charge is 0.303 e. The quantitative estimate of drug-likeness (QED) is 0.176. The van der Waals surface area contributed by atoms with Gasteiger partial charge in [-0.3, -0.25) is 24.0 Å². The summed E-state index contributed by atoms with van der Waals surface area (Å²) in [7, 11) is 0. The minimum atomic E-state index is -1.39. The van der Waals surface area contributed by atoms with Crippen LogP contribution in [0.25, 0.3) is 10.9 Å². The molecule has 2 fully saturated rings. The summed E-state index contributed by atoms with van der Waals surface area (Å²) in [4.78, 5) is 74.2. The van der Waals surface area contributed by atoms with E-state index in [-0.39, 0.29) is 12.2 Å². The van der Waals surface area contributed by atoms with E-state index in [0.717, 1.165) is 20.8 Å². The van der Waals surface area contributed by atoms with Crippen LogP contribution in [-0.4, -0.2) is 89.5 Å². The molecule has 15 heteroatoms. The number of rotatable bonds is 12. The fraction of sp³-hybridized carbons (Fsp3) is 0.556. The predicted molar refractivity (Wildman–Crippen MR) is 176 cm³/mol. The minimum absolute atomic E-state index is 0.00580. The van der Waals surface area contributed by atoms with Crippen LogP contribution in [0.4, 0.5) is 0 Å². The Kier molecular flexibility index (Phi) is 12.6. The number of hydrogen-bond donors (Lipinski definition) is 0. The van der Waals surface area contributed by atoms with E-state index in [9.17, 15) is 28.8 Å². The maximum Gasteiger partial charge on any atom is 0.303 e. The van der Waals surface area contributed by atoms with E-state index in [2.05, 4.69) is 6.58 Å². The molecular formula is C36H45NO14. The molecule has 2 aliphatic heterocycles. The Morgan fingerprint density at radius 1 is 0.706 bits per heavy atom. The molecule has 0 amide bonds. The van der Waals surface area contributed by atoms with Crippen molar-refractivity contribution in [1.82, 2.24) is 4.57 Å². The number of Topliss-reactive ketones (excluding diaryl/α,β-unsaturated/α-hetero) is 1. The number of carbonyl (C=O) groups excluding carboxylic acids is 6. The van der Waals surface area contributed by atoms with Crippen LogP contribution >= 0.6 is 0 Å². The lowest BCUT2D eigenvalue weighted by Gasteiger charge is -2.45. The van der Waals surface area contributed by atoms with Gasteiger partial charge in [-0.1, -0.05) is 24.8 Å². The normalized spacial score (nSPS) is 28.9. The summed E-state index contributed by atoms with van der Waals surface area (Å²) in [5.74, 6) is -3.93. The third-order valence-electron chi connectivity index (χ3n) is 8.45. The molecule has 51 heavy (non-hydrogen) atoms. The molecule has 2 aliphatic rings. The molecule has 0 radical (unpaired) electrons. The maximum absolute atomic E-state index is 12.6. The molecule has 0 spiro atoms. The summed E-state index contributed by atoms with van der Waals surface area (Å²) in [6.07, 6.45) is -8.11. The first kappa shape index (κ1) is 39.0. The molecule has 3 heterocycles. The van der Waals surface area contributed by atoms with Crippen LogP contribution < -0.4 is 0 Å². The van der Waals surface area contributed by atoms with Crippen LogP contribution in [0.5, 0.6) is 0 Å². The first-order valence-corrected chi connectivity index (χ1v) is 16.5. The van der Waals surface area contributed by atoms with Gasteiger partial charge in [0, 0.05) is 64.1 Å². The van der Waals surface area contributed by atoms with E-state index < -0.39 is 97.4 Å². The van der Waals surface area contributed by atoms with Crippen LogP contribution in [-0.2, 0) is 66.7 Å². The Morgan fingerprint density at radius 2 is 1.27 bits per heavy atom. The molecule has 15 nitrogen and oxygen atoms in total. The summed E-state index contributed by atoms with van der Waals surface area (Å²) in [6.45, 7) is 14.2. The van der Waals surface area contributed by atoms with Crippen LogP contribution in [0.2, 0.25) is 0 Å². The number of para-hydroxylation sites is 1. The topological polar surface area (TPSA) is 181 Å². The van der Waals surface area contributed by atoms with Gasteiger partial charge in [0.15, 0.2) is 30.6 Å². The molecule has 278 valence electrons. The standard InChI is InChI=1S/C36H45NO14/c1-17(2)45-30-19(4)46-36(32(47-21(6)40)26(30)14-18(3)38)37-15-27(25-12-10-11-13-28(25)37)31-34(49-23(8)42)35(50-24(9)43)33(48-22(7)41)29(51-31)16-44-20(5)39/h10-13,15,19,26,29-36H,1,14,16H2,2-9H3/t19-,26+,29+,30+,31?,32-,33+,34+,35-,36-/m0/s1. The van der Waals surface area contributed by atoms with Crippen molar-refractivity contribution in [1.29, 1.82) is 0 Å². The third kappa shape index (κ3) is 9.33. The van der Waals surface area contributed by atoms with Crippen molar-refractivity contribution in [3.8, 4) is 0 Å². The first-order chi connectivity index (χ1) is 24.0. The molecule has 0 N–H and O–H groups in total. The van der Waals surface area contributed by atoms with Crippen LogP contribution in [0.3, 0.4) is 0 Å². The van der Waals surface area contributed by atoms with Gasteiger partial charge in [0.05, 0.1) is 17.4 Å². The number of allylic oxidation sites excluding steroid dienone is 1. The third-order valence-corrected chi connectivity index (χ3v) is 8.45. The molecule has 0 aliphatic carbocycles. The zero-order valence-electron chi connectivity index (χ0n) is 29.9. The SMILES string of the molecule is C=C(C)O[C@H]1[C@@H](CC(C)=O)[C@H](OC(C)=O)[C@@H](n2cc(C3O[C@H](COC(C)=O)[C@@H](OC(C)=O)[C@H](OC(C)=O)[C@@H]3OC(C)=O)c3ccccc32)O[C@H]1C. The van der Waals surface area contributed by atoms with Gasteiger partial charge in [-0.25, -0.2) is 0 Å². The first-order valence-electron chi connectivity index (χ1n) is 16.5. The molecule has 10 atom stereocenters. The van der Waals surface area contributed by atoms with Crippen LogP contribution in [0.1, 0.15) is 79.7 Å². The highest BCUT2D eigenvalue weighted by molar-refractivity contribution is 5.85. The number of benzene rings is 1. The second kappa shape index (κ2) is 16.5. The van der Waals surface area contributed by atoms with Gasteiger partial charge >= 0.3 is 29.8 Å². The molecule has 2 saturated heterocycles. The largest absolute Gasteiger partial charge is 0.493 e. The molecule has 0 bridgehead atoms. The van der Waals surface area contributed by atoms with Crippen molar-refractivity contribution >= 4 is 46.5 Å². The number of ketones is 1. The zero-order valence-corrected chi connectivity index (χ0v) is 29.9. The highest BCUT2D eigenvalue weighted by Crippen LogP contribution is 2.45. The van der Waals surface area contributed by atoms with Gasteiger partial charge in [-0.15, -0.1) is 0 Å². The van der Waals surface area contributed by atoms with Crippen molar-refractivity contribution in [2.45, 2.75) is 117 Å². The lowest BCUT2D eigenvalue weighted by atomic mass is 9.84. The van der Waals surface area contributed by atoms with Crippen LogP contribution in [0.15, 0.2) is 42.8 Å².